The van der Waals surface area contributed by atoms with Crippen LogP contribution >= 0.6 is 0 Å². The van der Waals surface area contributed by atoms with Crippen molar-refractivity contribution in [1.29, 1.82) is 0 Å². The molecule has 2 unspecified atom stereocenters. The molecule has 16 heavy (non-hydrogen) atoms. The van der Waals surface area contributed by atoms with Gasteiger partial charge in [-0.3, -0.25) is 0 Å². The molecule has 0 rings (SSSR count). The van der Waals surface area contributed by atoms with Gasteiger partial charge in [-0.05, 0) is 6.92 Å². The summed E-state index contributed by atoms with van der Waals surface area (Å²) >= 11 is 0. The molecule has 0 aromatic heterocycles. The number of hydrogen-bond acceptors (Lipinski definition) is 5. The zero-order valence-corrected chi connectivity index (χ0v) is 7.97. The van der Waals surface area contributed by atoms with Gasteiger partial charge < -0.3 is 30.6 Å². The molecule has 0 saturated heterocycles. The van der Waals surface area contributed by atoms with Gasteiger partial charge in [-0.25, -0.2) is 0 Å². The van der Waals surface area contributed by atoms with Crippen molar-refractivity contribution in [2.75, 3.05) is 26.9 Å². The minimum absolute atomic E-state index is 0. The number of ether oxygens (including phenoxy) is 1. The van der Waals surface area contributed by atoms with E-state index in [9.17, 15) is 0 Å². The number of aliphatic hydroxyl groups excluding tert-OH is 4. The first-order valence-electron chi connectivity index (χ1n) is 3.65. The zero-order valence-electron chi connectivity index (χ0n) is 7.97. The highest BCUT2D eigenvalue weighted by Crippen LogP contribution is 1.77. The molecule has 6 N–H and O–H groups in total. The summed E-state index contributed by atoms with van der Waals surface area (Å²) in [6.45, 7) is 1.37. The van der Waals surface area contributed by atoms with Crippen LogP contribution in [-0.4, -0.2) is 65.0 Å². The Morgan fingerprint density at radius 1 is 1.00 bits per heavy atom. The van der Waals surface area contributed by atoms with Gasteiger partial charge in [-0.2, -0.15) is 0 Å². The van der Waals surface area contributed by atoms with Crippen LogP contribution in [0, 0.1) is 0 Å². The van der Waals surface area contributed by atoms with E-state index in [2.05, 4.69) is 4.74 Å². The Hall–Kier alpha value is -0.240. The second-order valence-electron chi connectivity index (χ2n) is 2.32. The third-order valence-corrected chi connectivity index (χ3v) is 0.834. The summed E-state index contributed by atoms with van der Waals surface area (Å²) in [5.74, 6) is 0. The molecule has 108 valence electrons. The SMILES string of the molecule is C.C.C.CC(O)CO.COCC(O)CO.O. The number of hydrogen-bond donors (Lipinski definition) is 4. The van der Waals surface area contributed by atoms with Gasteiger partial charge >= 0.3 is 0 Å². The van der Waals surface area contributed by atoms with Crippen LogP contribution in [0.1, 0.15) is 29.2 Å². The minimum atomic E-state index is -0.718. The summed E-state index contributed by atoms with van der Waals surface area (Å²) in [7, 11) is 1.47. The Kier molecular flexibility index (Phi) is 66.1. The topological polar surface area (TPSA) is 122 Å². The number of aliphatic hydroxyl groups is 4. The predicted molar refractivity (Wildman–Crippen MR) is 67.5 cm³/mol. The molecule has 0 bridgehead atoms. The van der Waals surface area contributed by atoms with E-state index in [1.807, 2.05) is 0 Å². The molecule has 0 aromatic rings. The average Bonchev–Trinajstić information content (AvgIpc) is 2.06. The summed E-state index contributed by atoms with van der Waals surface area (Å²) in [5.41, 5.74) is 0. The van der Waals surface area contributed by atoms with Crippen molar-refractivity contribution in [3.63, 3.8) is 0 Å². The lowest BCUT2D eigenvalue weighted by Gasteiger charge is -2.01. The normalized spacial score (nSPS) is 10.9. The largest absolute Gasteiger partial charge is 0.412 e. The lowest BCUT2D eigenvalue weighted by atomic mass is 10.4. The molecule has 0 aliphatic carbocycles. The van der Waals surface area contributed by atoms with Crippen molar-refractivity contribution in [2.45, 2.75) is 41.4 Å². The molecule has 0 aliphatic rings. The standard InChI is InChI=1S/C4H10O3.C3H8O2.3CH4.H2O/c1-7-3-4(6)2-5;1-3(5)2-4;;;;/h4-6H,2-3H2,1H3;3-5H,2H2,1H3;3*1H4;1H2. The maximum Gasteiger partial charge on any atom is 0.100 e. The highest BCUT2D eigenvalue weighted by molar-refractivity contribution is 4.46. The molecule has 0 radical (unpaired) electrons. The van der Waals surface area contributed by atoms with E-state index in [-0.39, 0.29) is 47.6 Å². The van der Waals surface area contributed by atoms with Crippen LogP contribution in [0.5, 0.6) is 0 Å². The van der Waals surface area contributed by atoms with Gasteiger partial charge in [0.2, 0.25) is 0 Å². The van der Waals surface area contributed by atoms with Crippen molar-refractivity contribution in [3.8, 4) is 0 Å². The van der Waals surface area contributed by atoms with Gasteiger partial charge in [0.25, 0.3) is 0 Å². The minimum Gasteiger partial charge on any atom is -0.412 e. The van der Waals surface area contributed by atoms with Gasteiger partial charge in [0.1, 0.15) is 6.10 Å². The van der Waals surface area contributed by atoms with Crippen molar-refractivity contribution >= 4 is 0 Å². The van der Waals surface area contributed by atoms with E-state index in [0.717, 1.165) is 0 Å². The fraction of sp³-hybridized carbons (Fsp3) is 1.00. The van der Waals surface area contributed by atoms with Crippen LogP contribution in [0.3, 0.4) is 0 Å². The molecular formula is C10H32O6. The maximum atomic E-state index is 8.48. The first-order valence-corrected chi connectivity index (χ1v) is 3.65. The number of rotatable bonds is 4. The van der Waals surface area contributed by atoms with Gasteiger partial charge in [-0.1, -0.05) is 22.3 Å². The molecular weight excluding hydrogens is 216 g/mol. The highest BCUT2D eigenvalue weighted by Gasteiger charge is 1.96. The van der Waals surface area contributed by atoms with Crippen LogP contribution < -0.4 is 0 Å². The van der Waals surface area contributed by atoms with Crippen LogP contribution in [0.15, 0.2) is 0 Å². The molecule has 2 atom stereocenters. The highest BCUT2D eigenvalue weighted by atomic mass is 16.5. The van der Waals surface area contributed by atoms with Gasteiger partial charge in [0.15, 0.2) is 0 Å². The van der Waals surface area contributed by atoms with Gasteiger partial charge in [0.05, 0.1) is 25.9 Å². The molecule has 0 heterocycles. The first kappa shape index (κ1) is 36.0. The smallest absolute Gasteiger partial charge is 0.100 e. The summed E-state index contributed by atoms with van der Waals surface area (Å²) in [6.07, 6.45) is -1.28. The Balaban J connectivity index is -0.0000000258. The van der Waals surface area contributed by atoms with Crippen LogP contribution in [0.4, 0.5) is 0 Å². The molecule has 0 saturated carbocycles. The predicted octanol–water partition coefficient (Wildman–Crippen LogP) is -0.571. The summed E-state index contributed by atoms with van der Waals surface area (Å²) in [6, 6.07) is 0. The molecule has 0 spiro atoms. The van der Waals surface area contributed by atoms with E-state index in [1.165, 1.54) is 14.0 Å². The third-order valence-electron chi connectivity index (χ3n) is 0.834. The maximum absolute atomic E-state index is 8.48. The van der Waals surface area contributed by atoms with Crippen LogP contribution in [0.25, 0.3) is 0 Å². The van der Waals surface area contributed by atoms with E-state index in [0.29, 0.717) is 0 Å². The van der Waals surface area contributed by atoms with Crippen molar-refractivity contribution in [1.82, 2.24) is 0 Å². The monoisotopic (exact) mass is 248 g/mol. The quantitative estimate of drug-likeness (QED) is 0.531. The Morgan fingerprint density at radius 2 is 1.31 bits per heavy atom. The first-order chi connectivity index (χ1) is 5.58. The van der Waals surface area contributed by atoms with Crippen LogP contribution in [0.2, 0.25) is 0 Å². The van der Waals surface area contributed by atoms with Crippen molar-refractivity contribution in [2.24, 2.45) is 0 Å². The fourth-order valence-electron chi connectivity index (χ4n) is 0.245. The Morgan fingerprint density at radius 3 is 1.38 bits per heavy atom. The Labute approximate surface area is 99.8 Å². The second-order valence-corrected chi connectivity index (χ2v) is 2.32. The summed E-state index contributed by atoms with van der Waals surface area (Å²) < 4.78 is 4.48. The molecule has 0 fully saturated rings. The molecule has 0 aliphatic heterocycles. The lowest BCUT2D eigenvalue weighted by molar-refractivity contribution is 0.0254. The molecule has 6 nitrogen and oxygen atoms in total. The third kappa shape index (κ3) is 49.0. The van der Waals surface area contributed by atoms with Crippen LogP contribution in [-0.2, 0) is 4.74 Å². The van der Waals surface area contributed by atoms with Crippen molar-refractivity contribution < 1.29 is 30.6 Å². The van der Waals surface area contributed by atoms with E-state index >= 15 is 0 Å². The second kappa shape index (κ2) is 29.3. The van der Waals surface area contributed by atoms with E-state index in [4.69, 9.17) is 20.4 Å². The average molecular weight is 248 g/mol. The van der Waals surface area contributed by atoms with E-state index in [1.54, 1.807) is 0 Å². The molecule has 0 amide bonds. The van der Waals surface area contributed by atoms with Gasteiger partial charge in [0, 0.05) is 7.11 Å². The van der Waals surface area contributed by atoms with Crippen molar-refractivity contribution in [3.05, 3.63) is 0 Å². The van der Waals surface area contributed by atoms with E-state index < -0.39 is 12.2 Å². The fourth-order valence-corrected chi connectivity index (χ4v) is 0.245. The lowest BCUT2D eigenvalue weighted by Crippen LogP contribution is -2.17. The summed E-state index contributed by atoms with van der Waals surface area (Å²) in [4.78, 5) is 0. The Bertz CT molecular complexity index is 79.7. The summed E-state index contributed by atoms with van der Waals surface area (Å²) in [5, 5.41) is 32.6. The molecule has 0 aromatic carbocycles. The number of methoxy groups -OCH3 is 1. The zero-order chi connectivity index (χ0) is 9.98. The molecule has 6 heteroatoms. The van der Waals surface area contributed by atoms with Gasteiger partial charge in [-0.15, -0.1) is 0 Å².